The summed E-state index contributed by atoms with van der Waals surface area (Å²) in [6.07, 6.45) is 4.70. The summed E-state index contributed by atoms with van der Waals surface area (Å²) in [6.45, 7) is 4.16. The van der Waals surface area contributed by atoms with Crippen molar-refractivity contribution in [3.05, 3.63) is 74.9 Å². The van der Waals surface area contributed by atoms with Crippen LogP contribution < -0.4 is 10.9 Å². The first-order chi connectivity index (χ1) is 12.4. The highest BCUT2D eigenvalue weighted by molar-refractivity contribution is 6.42. The summed E-state index contributed by atoms with van der Waals surface area (Å²) >= 11 is 11.8. The lowest BCUT2D eigenvalue weighted by molar-refractivity contribution is 0.0942. The second kappa shape index (κ2) is 7.23. The van der Waals surface area contributed by atoms with E-state index in [0.717, 1.165) is 4.40 Å². The number of aromatic hydroxyl groups is 1. The van der Waals surface area contributed by atoms with Gasteiger partial charge >= 0.3 is 5.56 Å². The van der Waals surface area contributed by atoms with Crippen LogP contribution in [0.15, 0.2) is 48.0 Å². The van der Waals surface area contributed by atoms with Gasteiger partial charge in [-0.2, -0.15) is 0 Å². The van der Waals surface area contributed by atoms with Gasteiger partial charge in [0.05, 0.1) is 10.0 Å². The third kappa shape index (κ3) is 3.31. The molecule has 0 fully saturated rings. The average Bonchev–Trinajstić information content (AvgIpc) is 3.02. The number of carbonyl (C=O) groups is 1. The highest BCUT2D eigenvalue weighted by Crippen LogP contribution is 2.22. The SMILES string of the molecule is C=CCn1ccn2c(=O)c(O)c(C(=O)NCc3ccc(Cl)c(Cl)c3)nc12. The second-order valence-electron chi connectivity index (χ2n) is 5.45. The molecule has 2 N–H and O–H groups in total. The number of aromatic nitrogens is 3. The Morgan fingerprint density at radius 2 is 2.08 bits per heavy atom. The van der Waals surface area contributed by atoms with Gasteiger partial charge in [0.2, 0.25) is 11.5 Å². The number of imidazole rings is 1. The molecule has 0 aliphatic carbocycles. The molecular weight excluding hydrogens is 379 g/mol. The Balaban J connectivity index is 1.90. The Morgan fingerprint density at radius 3 is 2.77 bits per heavy atom. The highest BCUT2D eigenvalue weighted by Gasteiger charge is 2.20. The van der Waals surface area contributed by atoms with Gasteiger partial charge in [-0.25, -0.2) is 9.38 Å². The van der Waals surface area contributed by atoms with Crippen molar-refractivity contribution < 1.29 is 9.90 Å². The largest absolute Gasteiger partial charge is 0.501 e. The van der Waals surface area contributed by atoms with E-state index in [2.05, 4.69) is 16.9 Å². The lowest BCUT2D eigenvalue weighted by Crippen LogP contribution is -2.27. The van der Waals surface area contributed by atoms with E-state index in [4.69, 9.17) is 23.2 Å². The minimum absolute atomic E-state index is 0.129. The van der Waals surface area contributed by atoms with Crippen LogP contribution >= 0.6 is 23.2 Å². The molecule has 2 aromatic heterocycles. The van der Waals surface area contributed by atoms with Crippen molar-refractivity contribution in [3.63, 3.8) is 0 Å². The van der Waals surface area contributed by atoms with Crippen LogP contribution in [0, 0.1) is 0 Å². The van der Waals surface area contributed by atoms with Gasteiger partial charge in [0.1, 0.15) is 0 Å². The Hall–Kier alpha value is -2.77. The van der Waals surface area contributed by atoms with Crippen molar-refractivity contribution in [1.82, 2.24) is 19.3 Å². The van der Waals surface area contributed by atoms with Gasteiger partial charge in [0, 0.05) is 25.5 Å². The number of allylic oxidation sites excluding steroid dienone is 1. The van der Waals surface area contributed by atoms with Crippen molar-refractivity contribution in [3.8, 4) is 5.75 Å². The molecule has 7 nitrogen and oxygen atoms in total. The highest BCUT2D eigenvalue weighted by atomic mass is 35.5. The van der Waals surface area contributed by atoms with Gasteiger partial charge in [-0.1, -0.05) is 35.3 Å². The van der Waals surface area contributed by atoms with E-state index in [1.54, 1.807) is 35.0 Å². The van der Waals surface area contributed by atoms with Crippen molar-refractivity contribution in [2.24, 2.45) is 0 Å². The summed E-state index contributed by atoms with van der Waals surface area (Å²) < 4.78 is 2.79. The molecule has 3 rings (SSSR count). The Bertz CT molecular complexity index is 1070. The number of nitrogens with zero attached hydrogens (tertiary/aromatic N) is 3. The van der Waals surface area contributed by atoms with Crippen LogP contribution in [0.25, 0.3) is 5.78 Å². The zero-order valence-electron chi connectivity index (χ0n) is 13.4. The van der Waals surface area contributed by atoms with E-state index in [9.17, 15) is 14.7 Å². The quantitative estimate of drug-likeness (QED) is 0.653. The fourth-order valence-electron chi connectivity index (χ4n) is 2.42. The van der Waals surface area contributed by atoms with Crippen molar-refractivity contribution >= 4 is 34.9 Å². The number of amides is 1. The van der Waals surface area contributed by atoms with Gasteiger partial charge in [0.15, 0.2) is 5.69 Å². The van der Waals surface area contributed by atoms with E-state index >= 15 is 0 Å². The summed E-state index contributed by atoms with van der Waals surface area (Å²) in [7, 11) is 0. The third-order valence-corrected chi connectivity index (χ3v) is 4.44. The molecule has 3 aromatic rings. The second-order valence-corrected chi connectivity index (χ2v) is 6.27. The smallest absolute Gasteiger partial charge is 0.302 e. The lowest BCUT2D eigenvalue weighted by Gasteiger charge is -2.08. The fraction of sp³-hybridized carbons (Fsp3) is 0.118. The molecule has 0 bridgehead atoms. The molecule has 9 heteroatoms. The van der Waals surface area contributed by atoms with E-state index in [1.807, 2.05) is 0 Å². The van der Waals surface area contributed by atoms with Crippen molar-refractivity contribution in [2.45, 2.75) is 13.1 Å². The molecule has 0 aliphatic rings. The van der Waals surface area contributed by atoms with Crippen molar-refractivity contribution in [2.75, 3.05) is 0 Å². The van der Waals surface area contributed by atoms with E-state index in [1.165, 1.54) is 6.20 Å². The first-order valence-electron chi connectivity index (χ1n) is 7.56. The van der Waals surface area contributed by atoms with Gasteiger partial charge in [-0.05, 0) is 17.7 Å². The monoisotopic (exact) mass is 392 g/mol. The van der Waals surface area contributed by atoms with Crippen LogP contribution in [0.3, 0.4) is 0 Å². The Kier molecular flexibility index (Phi) is 5.01. The molecule has 2 heterocycles. The molecule has 134 valence electrons. The van der Waals surface area contributed by atoms with Crippen LogP contribution in [-0.2, 0) is 13.1 Å². The maximum Gasteiger partial charge on any atom is 0.302 e. The molecule has 1 aromatic carbocycles. The molecule has 0 spiro atoms. The summed E-state index contributed by atoms with van der Waals surface area (Å²) in [5.74, 6) is -1.17. The number of halogens is 2. The van der Waals surface area contributed by atoms with E-state index in [0.29, 0.717) is 22.2 Å². The van der Waals surface area contributed by atoms with Crippen LogP contribution in [0.1, 0.15) is 16.1 Å². The maximum absolute atomic E-state index is 12.4. The zero-order chi connectivity index (χ0) is 18.8. The van der Waals surface area contributed by atoms with Gasteiger partial charge in [0.25, 0.3) is 5.91 Å². The normalized spacial score (nSPS) is 10.8. The predicted molar refractivity (Wildman–Crippen MR) is 98.9 cm³/mol. The fourth-order valence-corrected chi connectivity index (χ4v) is 2.74. The Morgan fingerprint density at radius 1 is 1.31 bits per heavy atom. The summed E-state index contributed by atoms with van der Waals surface area (Å²) in [5, 5.41) is 13.4. The van der Waals surface area contributed by atoms with E-state index in [-0.39, 0.29) is 18.0 Å². The standard InChI is InChI=1S/C17H14Cl2N4O3/c1-2-5-22-6-7-23-16(26)14(24)13(21-17(22)23)15(25)20-9-10-3-4-11(18)12(19)8-10/h2-4,6-8,24H,1,5,9H2,(H,20,25). The van der Waals surface area contributed by atoms with Crippen LogP contribution in [0.5, 0.6) is 5.75 Å². The van der Waals surface area contributed by atoms with Crippen molar-refractivity contribution in [1.29, 1.82) is 0 Å². The minimum atomic E-state index is -0.725. The van der Waals surface area contributed by atoms with Crippen LogP contribution in [0.4, 0.5) is 0 Å². The Labute approximate surface area is 158 Å². The number of fused-ring (bicyclic) bond motifs is 1. The summed E-state index contributed by atoms with van der Waals surface area (Å²) in [4.78, 5) is 28.8. The zero-order valence-corrected chi connectivity index (χ0v) is 15.0. The minimum Gasteiger partial charge on any atom is -0.501 e. The number of rotatable bonds is 5. The molecule has 0 unspecified atom stereocenters. The molecule has 26 heavy (non-hydrogen) atoms. The summed E-state index contributed by atoms with van der Waals surface area (Å²) in [6, 6.07) is 4.93. The first kappa shape index (κ1) is 18.0. The molecule has 0 saturated heterocycles. The third-order valence-electron chi connectivity index (χ3n) is 3.70. The first-order valence-corrected chi connectivity index (χ1v) is 8.31. The molecule has 0 radical (unpaired) electrons. The number of nitrogens with one attached hydrogen (secondary N) is 1. The van der Waals surface area contributed by atoms with Gasteiger partial charge < -0.3 is 15.0 Å². The predicted octanol–water partition coefficient (Wildman–Crippen LogP) is 2.62. The maximum atomic E-state index is 12.4. The van der Waals surface area contributed by atoms with E-state index < -0.39 is 17.2 Å². The number of hydrogen-bond donors (Lipinski definition) is 2. The topological polar surface area (TPSA) is 88.6 Å². The number of carbonyl (C=O) groups excluding carboxylic acids is 1. The molecule has 0 aliphatic heterocycles. The van der Waals surface area contributed by atoms with Gasteiger partial charge in [-0.3, -0.25) is 9.59 Å². The summed E-state index contributed by atoms with van der Waals surface area (Å²) in [5.41, 5.74) is -0.364. The number of hydrogen-bond acceptors (Lipinski definition) is 4. The molecule has 0 atom stereocenters. The lowest BCUT2D eigenvalue weighted by atomic mass is 10.2. The molecule has 1 amide bonds. The average molecular weight is 393 g/mol. The van der Waals surface area contributed by atoms with Crippen LogP contribution in [-0.4, -0.2) is 25.0 Å². The molecule has 0 saturated carbocycles. The van der Waals surface area contributed by atoms with Gasteiger partial charge in [-0.15, -0.1) is 6.58 Å². The molecular formula is C17H14Cl2N4O3. The van der Waals surface area contributed by atoms with Crippen LogP contribution in [0.2, 0.25) is 10.0 Å². The number of benzene rings is 1.